The zero-order valence-electron chi connectivity index (χ0n) is 13.6. The molecule has 152 valence electrons. The van der Waals surface area contributed by atoms with E-state index in [9.17, 15) is 31.1 Å². The van der Waals surface area contributed by atoms with E-state index < -0.39 is 18.5 Å². The van der Waals surface area contributed by atoms with Crippen molar-refractivity contribution in [3.8, 4) is 11.5 Å². The van der Waals surface area contributed by atoms with Crippen molar-refractivity contribution >= 4 is 35.6 Å². The predicted octanol–water partition coefficient (Wildman–Crippen LogP) is 6.93. The maximum absolute atomic E-state index is 11.8. The highest BCUT2D eigenvalue weighted by Crippen LogP contribution is 2.28. The first-order chi connectivity index (χ1) is 12.8. The Morgan fingerprint density at radius 1 is 0.786 bits per heavy atom. The van der Waals surface area contributed by atoms with Gasteiger partial charge in [-0.25, -0.2) is 0 Å². The summed E-state index contributed by atoms with van der Waals surface area (Å²) in [5, 5.41) is 0.407. The summed E-state index contributed by atoms with van der Waals surface area (Å²) in [5.74, 6) is -0.777. The topological polar surface area (TPSA) is 35.5 Å². The Morgan fingerprint density at radius 2 is 1.18 bits per heavy atom. The van der Waals surface area contributed by atoms with E-state index in [4.69, 9.17) is 23.2 Å². The van der Waals surface area contributed by atoms with Crippen LogP contribution in [0, 0.1) is 0 Å². The molecule has 28 heavy (non-hydrogen) atoms. The zero-order valence-corrected chi connectivity index (χ0v) is 15.1. The van der Waals surface area contributed by atoms with Gasteiger partial charge in [0.15, 0.2) is 6.29 Å². The number of alkyl halides is 6. The van der Waals surface area contributed by atoms with Gasteiger partial charge in [0, 0.05) is 10.6 Å². The third-order valence-electron chi connectivity index (χ3n) is 2.75. The van der Waals surface area contributed by atoms with Crippen molar-refractivity contribution in [1.82, 2.24) is 0 Å². The van der Waals surface area contributed by atoms with Gasteiger partial charge in [-0.05, 0) is 42.0 Å². The van der Waals surface area contributed by atoms with Crippen LogP contribution in [0.4, 0.5) is 26.3 Å². The van der Waals surface area contributed by atoms with Crippen LogP contribution < -0.4 is 9.47 Å². The molecule has 0 saturated heterocycles. The standard InChI is InChI=1S/C9H6ClF3O.C8H4ClF3O2/c1-2-6-5-7(3-4-8(6)10)14-9(11,12)13;9-7-2-1-6(3-5(7)4-13)14-8(10,11)12/h2-5H,1H2;1-4H. The van der Waals surface area contributed by atoms with Crippen LogP contribution in [0.1, 0.15) is 15.9 Å². The number of carbonyl (C=O) groups is 1. The third kappa shape index (κ3) is 8.53. The lowest BCUT2D eigenvalue weighted by molar-refractivity contribution is -0.275. The van der Waals surface area contributed by atoms with Crippen LogP contribution in [-0.2, 0) is 0 Å². The lowest BCUT2D eigenvalue weighted by Gasteiger charge is -2.09. The Balaban J connectivity index is 0.000000280. The highest BCUT2D eigenvalue weighted by molar-refractivity contribution is 6.33. The molecule has 11 heteroatoms. The van der Waals surface area contributed by atoms with Gasteiger partial charge in [-0.2, -0.15) is 0 Å². The van der Waals surface area contributed by atoms with E-state index in [0.717, 1.165) is 24.3 Å². The average molecular weight is 447 g/mol. The number of halogens is 8. The summed E-state index contributed by atoms with van der Waals surface area (Å²) in [6.45, 7) is 3.41. The van der Waals surface area contributed by atoms with Gasteiger partial charge in [0.2, 0.25) is 0 Å². The molecule has 0 amide bonds. The summed E-state index contributed by atoms with van der Waals surface area (Å²) in [4.78, 5) is 10.3. The number of rotatable bonds is 4. The molecule has 0 spiro atoms. The number of ether oxygens (including phenoxy) is 2. The Kier molecular flexibility index (Phi) is 8.19. The van der Waals surface area contributed by atoms with E-state index in [1.165, 1.54) is 18.2 Å². The molecule has 0 aliphatic rings. The van der Waals surface area contributed by atoms with Gasteiger partial charge in [0.25, 0.3) is 0 Å². The van der Waals surface area contributed by atoms with Gasteiger partial charge in [0.1, 0.15) is 11.5 Å². The van der Waals surface area contributed by atoms with Gasteiger partial charge < -0.3 is 9.47 Å². The fourth-order valence-corrected chi connectivity index (χ4v) is 2.04. The molecule has 0 bridgehead atoms. The SMILES string of the molecule is C=Cc1cc(OC(F)(F)F)ccc1Cl.O=Cc1cc(OC(F)(F)F)ccc1Cl. The molecule has 2 aromatic carbocycles. The molecule has 2 aromatic rings. The first-order valence-electron chi connectivity index (χ1n) is 7.03. The Bertz CT molecular complexity index is 765. The van der Waals surface area contributed by atoms with Crippen LogP contribution >= 0.6 is 23.2 Å². The lowest BCUT2D eigenvalue weighted by atomic mass is 10.2. The minimum Gasteiger partial charge on any atom is -0.406 e. The van der Waals surface area contributed by atoms with Crippen LogP contribution in [0.15, 0.2) is 43.0 Å². The van der Waals surface area contributed by atoms with Crippen LogP contribution in [0.3, 0.4) is 0 Å². The van der Waals surface area contributed by atoms with Gasteiger partial charge in [-0.15, -0.1) is 26.3 Å². The third-order valence-corrected chi connectivity index (χ3v) is 3.44. The number of hydrogen-bond donors (Lipinski definition) is 0. The molecule has 0 aliphatic carbocycles. The molecule has 0 aromatic heterocycles. The maximum atomic E-state index is 11.8. The van der Waals surface area contributed by atoms with Crippen molar-refractivity contribution < 1.29 is 40.6 Å². The van der Waals surface area contributed by atoms with Crippen molar-refractivity contribution in [2.45, 2.75) is 12.7 Å². The quantitative estimate of drug-likeness (QED) is 0.377. The Labute approximate surface area is 165 Å². The van der Waals surface area contributed by atoms with E-state index in [-0.39, 0.29) is 16.3 Å². The monoisotopic (exact) mass is 446 g/mol. The average Bonchev–Trinajstić information content (AvgIpc) is 2.56. The molecular weight excluding hydrogens is 437 g/mol. The van der Waals surface area contributed by atoms with Crippen molar-refractivity contribution in [2.75, 3.05) is 0 Å². The van der Waals surface area contributed by atoms with Crippen molar-refractivity contribution in [3.63, 3.8) is 0 Å². The summed E-state index contributed by atoms with van der Waals surface area (Å²) in [6, 6.07) is 6.74. The fourth-order valence-electron chi connectivity index (χ4n) is 1.68. The number of carbonyl (C=O) groups excluding carboxylic acids is 1. The van der Waals surface area contributed by atoms with E-state index in [1.54, 1.807) is 0 Å². The van der Waals surface area contributed by atoms with Gasteiger partial charge in [-0.1, -0.05) is 35.9 Å². The molecule has 0 fully saturated rings. The lowest BCUT2D eigenvalue weighted by Crippen LogP contribution is -2.17. The number of hydrogen-bond acceptors (Lipinski definition) is 3. The molecule has 0 unspecified atom stereocenters. The van der Waals surface area contributed by atoms with Crippen LogP contribution in [0.25, 0.3) is 6.08 Å². The summed E-state index contributed by atoms with van der Waals surface area (Å²) in [6.07, 6.45) is -7.75. The normalized spacial score (nSPS) is 11.1. The highest BCUT2D eigenvalue weighted by atomic mass is 35.5. The van der Waals surface area contributed by atoms with Crippen molar-refractivity contribution in [1.29, 1.82) is 0 Å². The highest BCUT2D eigenvalue weighted by Gasteiger charge is 2.31. The predicted molar refractivity (Wildman–Crippen MR) is 91.7 cm³/mol. The molecular formula is C17H10Cl2F6O3. The summed E-state index contributed by atoms with van der Waals surface area (Å²) >= 11 is 11.2. The van der Waals surface area contributed by atoms with Crippen LogP contribution in [0.5, 0.6) is 11.5 Å². The fraction of sp³-hybridized carbons (Fsp3) is 0.118. The molecule has 0 aliphatic heterocycles. The van der Waals surface area contributed by atoms with E-state index >= 15 is 0 Å². The second-order valence-corrected chi connectivity index (χ2v) is 5.60. The van der Waals surface area contributed by atoms with E-state index in [0.29, 0.717) is 16.9 Å². The molecule has 2 rings (SSSR count). The minimum absolute atomic E-state index is 0.0478. The largest absolute Gasteiger partial charge is 0.573 e. The molecule has 0 radical (unpaired) electrons. The van der Waals surface area contributed by atoms with Crippen molar-refractivity contribution in [2.24, 2.45) is 0 Å². The number of aldehydes is 1. The summed E-state index contributed by atoms with van der Waals surface area (Å²) in [5.41, 5.74) is 0.349. The minimum atomic E-state index is -4.77. The molecule has 0 N–H and O–H groups in total. The first kappa shape index (κ1) is 23.6. The zero-order chi connectivity index (χ0) is 21.5. The summed E-state index contributed by atoms with van der Waals surface area (Å²) < 4.78 is 77.9. The van der Waals surface area contributed by atoms with E-state index in [2.05, 4.69) is 16.1 Å². The van der Waals surface area contributed by atoms with Gasteiger partial charge in [-0.3, -0.25) is 4.79 Å². The van der Waals surface area contributed by atoms with Crippen LogP contribution in [-0.4, -0.2) is 19.0 Å². The summed E-state index contributed by atoms with van der Waals surface area (Å²) in [7, 11) is 0. The first-order valence-corrected chi connectivity index (χ1v) is 7.78. The molecule has 0 saturated carbocycles. The second-order valence-electron chi connectivity index (χ2n) is 4.78. The number of benzene rings is 2. The Morgan fingerprint density at radius 3 is 1.54 bits per heavy atom. The van der Waals surface area contributed by atoms with Gasteiger partial charge >= 0.3 is 12.7 Å². The van der Waals surface area contributed by atoms with E-state index in [1.807, 2.05) is 0 Å². The van der Waals surface area contributed by atoms with Crippen LogP contribution in [0.2, 0.25) is 10.0 Å². The maximum Gasteiger partial charge on any atom is 0.573 e. The van der Waals surface area contributed by atoms with Gasteiger partial charge in [0.05, 0.1) is 5.02 Å². The molecule has 3 nitrogen and oxygen atoms in total. The Hall–Kier alpha value is -2.39. The smallest absolute Gasteiger partial charge is 0.406 e. The molecule has 0 atom stereocenters. The molecule has 0 heterocycles. The second kappa shape index (κ2) is 9.70. The van der Waals surface area contributed by atoms with Crippen molar-refractivity contribution in [3.05, 3.63) is 64.1 Å².